The van der Waals surface area contributed by atoms with Crippen molar-refractivity contribution in [2.45, 2.75) is 77.5 Å². The van der Waals surface area contributed by atoms with Crippen molar-refractivity contribution in [3.8, 4) is 45.8 Å². The number of amides is 5. The summed E-state index contributed by atoms with van der Waals surface area (Å²) < 4.78 is 44.8. The number of nitrogens with two attached hydrogens (primary N) is 3. The predicted molar refractivity (Wildman–Crippen MR) is 263 cm³/mol. The van der Waals surface area contributed by atoms with Gasteiger partial charge in [-0.05, 0) is 67.1 Å². The van der Waals surface area contributed by atoms with E-state index in [1.165, 1.54) is 27.1 Å². The van der Waals surface area contributed by atoms with Crippen molar-refractivity contribution in [2.24, 2.45) is 16.6 Å². The van der Waals surface area contributed by atoms with Crippen LogP contribution in [-0.4, -0.2) is 124 Å². The molecule has 1 aromatic heterocycles. The fourth-order valence-electron chi connectivity index (χ4n) is 7.87. The number of aryl methyl sites for hydroxylation is 2. The minimum Gasteiger partial charge on any atom is -0.492 e. The Labute approximate surface area is 412 Å². The van der Waals surface area contributed by atoms with Crippen LogP contribution >= 0.6 is 0 Å². The van der Waals surface area contributed by atoms with Crippen molar-refractivity contribution < 1.29 is 46.6 Å². The quantitative estimate of drug-likeness (QED) is 0.0675. The minimum atomic E-state index is -4.47. The third kappa shape index (κ3) is 13.8. The number of methoxy groups -OCH3 is 1. The summed E-state index contributed by atoms with van der Waals surface area (Å²) in [6.07, 6.45) is -0.0767. The minimum absolute atomic E-state index is 0.00248. The number of ether oxygens (including phenoxy) is 3. The van der Waals surface area contributed by atoms with Crippen molar-refractivity contribution in [1.82, 2.24) is 40.9 Å². The van der Waals surface area contributed by atoms with Crippen LogP contribution in [0.5, 0.6) is 17.2 Å². The number of hydrogen-bond donors (Lipinski definition) is 8. The Morgan fingerprint density at radius 2 is 1.56 bits per heavy atom. The molecule has 3 aromatic carbocycles. The largest absolute Gasteiger partial charge is 0.492 e. The molecule has 0 radical (unpaired) electrons. The summed E-state index contributed by atoms with van der Waals surface area (Å²) >= 11 is 0. The van der Waals surface area contributed by atoms with Gasteiger partial charge in [0.15, 0.2) is 17.3 Å². The molecule has 0 fully saturated rings. The van der Waals surface area contributed by atoms with Gasteiger partial charge in [0, 0.05) is 49.8 Å². The van der Waals surface area contributed by atoms with E-state index in [9.17, 15) is 37.7 Å². The lowest BCUT2D eigenvalue weighted by Crippen LogP contribution is -2.57. The van der Waals surface area contributed by atoms with Crippen molar-refractivity contribution in [3.05, 3.63) is 88.2 Å². The van der Waals surface area contributed by atoms with Crippen LogP contribution in [0.3, 0.4) is 0 Å². The standard InChI is InChI=1S/C48H62N12O10S/c1-26-39(27(2)56-42(55-26)30-10-12-32(13-11-30)48(4,5)6)45(63)59-36(25-54-71(52,66)67)47(65)60(7)40-31-23-34(41(68-8)38(24-31)70-20-17-51)33-21-29(9-14-37(33)69-19-16-50)22-35(44(62)53-18-15-49)58-43(61)28(3)57-46(40)64/h9-14,21,23-24,28,35-36,40,54H,16-20,22,25,50-51H2,1-8H3,(H,53,62)(H,57,64)(H,58,61)(H,59,63)(H2,52,66,67). The highest BCUT2D eigenvalue weighted by molar-refractivity contribution is 7.87. The first-order valence-corrected chi connectivity index (χ1v) is 24.1. The third-order valence-corrected chi connectivity index (χ3v) is 12.0. The zero-order valence-corrected chi connectivity index (χ0v) is 41.8. The van der Waals surface area contributed by atoms with Crippen LogP contribution in [0.1, 0.15) is 72.2 Å². The number of benzene rings is 3. The Bertz CT molecular complexity index is 2770. The summed E-state index contributed by atoms with van der Waals surface area (Å²) in [7, 11) is -1.84. The van der Waals surface area contributed by atoms with E-state index in [2.05, 4.69) is 56.7 Å². The van der Waals surface area contributed by atoms with E-state index in [0.29, 0.717) is 22.5 Å². The smallest absolute Gasteiger partial charge is 0.274 e. The topological polar surface area (TPSA) is 338 Å². The fourth-order valence-corrected chi connectivity index (χ4v) is 8.27. The Kier molecular flexibility index (Phi) is 18.2. The molecule has 380 valence electrons. The number of nitrogens with one attached hydrogen (secondary N) is 5. The molecule has 0 saturated carbocycles. The third-order valence-electron chi connectivity index (χ3n) is 11.4. The molecule has 0 aliphatic carbocycles. The molecule has 1 aliphatic heterocycles. The van der Waals surface area contributed by atoms with E-state index < -0.39 is 70.5 Å². The van der Waals surface area contributed by atoms with E-state index in [4.69, 9.17) is 30.8 Å². The number of carbonyl (C=O) groups excluding carboxylic acids is 5. The van der Waals surface area contributed by atoms with Crippen LogP contribution < -0.4 is 56.8 Å². The fraction of sp³-hybridized carbons (Fsp3) is 0.417. The van der Waals surface area contributed by atoms with Gasteiger partial charge in [-0.1, -0.05) is 51.1 Å². The Hall–Kier alpha value is -7.23. The summed E-state index contributed by atoms with van der Waals surface area (Å²) in [5.74, 6) is -3.39. The first kappa shape index (κ1) is 54.7. The molecule has 5 amide bonds. The van der Waals surface area contributed by atoms with Gasteiger partial charge in [0.2, 0.25) is 23.6 Å². The van der Waals surface area contributed by atoms with Gasteiger partial charge >= 0.3 is 0 Å². The second kappa shape index (κ2) is 23.6. The zero-order valence-electron chi connectivity index (χ0n) is 41.0. The molecule has 4 bridgehead atoms. The number of likely N-dealkylation sites (N-methyl/N-ethyl adjacent to an activating group) is 1. The normalized spacial score (nSPS) is 16.5. The number of carbonyl (C=O) groups is 5. The van der Waals surface area contributed by atoms with E-state index >= 15 is 0 Å². The van der Waals surface area contributed by atoms with Crippen LogP contribution in [0.2, 0.25) is 0 Å². The summed E-state index contributed by atoms with van der Waals surface area (Å²) in [6.45, 7) is 9.91. The van der Waals surface area contributed by atoms with Crippen LogP contribution in [0, 0.1) is 25.2 Å². The van der Waals surface area contributed by atoms with Gasteiger partial charge in [-0.2, -0.15) is 18.4 Å². The van der Waals surface area contributed by atoms with Gasteiger partial charge in [-0.25, -0.2) is 15.1 Å². The molecule has 4 unspecified atom stereocenters. The molecule has 2 heterocycles. The van der Waals surface area contributed by atoms with Gasteiger partial charge in [-0.15, -0.1) is 0 Å². The summed E-state index contributed by atoms with van der Waals surface area (Å²) in [5.41, 5.74) is 15.1. The number of hydrogen-bond acceptors (Lipinski definition) is 15. The summed E-state index contributed by atoms with van der Waals surface area (Å²) in [6, 6.07) is 11.5. The molecular formula is C48H62N12O10S. The van der Waals surface area contributed by atoms with Crippen LogP contribution in [0.4, 0.5) is 0 Å². The summed E-state index contributed by atoms with van der Waals surface area (Å²) in [4.78, 5) is 81.5. The van der Waals surface area contributed by atoms with Crippen molar-refractivity contribution >= 4 is 39.7 Å². The molecule has 11 N–H and O–H groups in total. The van der Waals surface area contributed by atoms with Crippen molar-refractivity contribution in [2.75, 3.05) is 53.6 Å². The Morgan fingerprint density at radius 3 is 2.14 bits per heavy atom. The molecule has 4 atom stereocenters. The molecule has 23 heteroatoms. The first-order chi connectivity index (χ1) is 33.5. The highest BCUT2D eigenvalue weighted by Crippen LogP contribution is 2.45. The average molecular weight is 999 g/mol. The highest BCUT2D eigenvalue weighted by atomic mass is 32.2. The number of nitrogens with zero attached hydrogens (tertiary/aromatic N) is 4. The van der Waals surface area contributed by atoms with Crippen molar-refractivity contribution in [1.29, 1.82) is 5.26 Å². The van der Waals surface area contributed by atoms with Gasteiger partial charge in [0.1, 0.15) is 49.7 Å². The van der Waals surface area contributed by atoms with Gasteiger partial charge in [0.05, 0.1) is 30.1 Å². The van der Waals surface area contributed by atoms with E-state index in [1.54, 1.807) is 38.1 Å². The SMILES string of the molecule is COc1c(OCCN)cc2cc1-c1cc(ccc1OCCN)CC(C(=O)NCC#N)NC(=O)C(C)NC(=O)C2N(C)C(=O)C(CNS(N)(=O)=O)NC(=O)c1c(C)nc(-c2ccc(C(C)(C)C)cc2)nc1C. The van der Waals surface area contributed by atoms with Crippen molar-refractivity contribution in [3.63, 3.8) is 0 Å². The maximum Gasteiger partial charge on any atom is 0.274 e. The van der Waals surface area contributed by atoms with Crippen LogP contribution in [0.15, 0.2) is 54.6 Å². The second-order valence-corrected chi connectivity index (χ2v) is 19.1. The second-order valence-electron chi connectivity index (χ2n) is 17.8. The van der Waals surface area contributed by atoms with E-state index in [1.807, 2.05) is 30.3 Å². The molecular weight excluding hydrogens is 937 g/mol. The van der Waals surface area contributed by atoms with Gasteiger partial charge in [-0.3, -0.25) is 24.0 Å². The lowest BCUT2D eigenvalue weighted by Gasteiger charge is -2.33. The molecule has 0 spiro atoms. The van der Waals surface area contributed by atoms with Gasteiger partial charge < -0.3 is 51.8 Å². The summed E-state index contributed by atoms with van der Waals surface area (Å²) in [5, 5.41) is 24.9. The number of aromatic nitrogens is 2. The lowest BCUT2D eigenvalue weighted by atomic mass is 9.86. The van der Waals surface area contributed by atoms with Gasteiger partial charge in [0.25, 0.3) is 16.1 Å². The lowest BCUT2D eigenvalue weighted by molar-refractivity contribution is -0.141. The molecule has 5 rings (SSSR count). The van der Waals surface area contributed by atoms with E-state index in [0.717, 1.165) is 10.5 Å². The molecule has 0 saturated heterocycles. The van der Waals surface area contributed by atoms with Crippen LogP contribution in [0.25, 0.3) is 22.5 Å². The maximum atomic E-state index is 15.0. The Morgan fingerprint density at radius 1 is 0.930 bits per heavy atom. The molecule has 71 heavy (non-hydrogen) atoms. The predicted octanol–water partition coefficient (Wildman–Crippen LogP) is 0.685. The molecule has 22 nitrogen and oxygen atoms in total. The average Bonchev–Trinajstić information content (AvgIpc) is 3.31. The molecule has 1 aliphatic rings. The number of rotatable bonds is 17. The number of fused-ring (bicyclic) bond motifs is 5. The maximum absolute atomic E-state index is 15.0. The zero-order chi connectivity index (χ0) is 52.4. The van der Waals surface area contributed by atoms with Crippen LogP contribution in [-0.2, 0) is 41.2 Å². The molecule has 4 aromatic rings. The van der Waals surface area contributed by atoms with E-state index in [-0.39, 0.29) is 90.0 Å². The monoisotopic (exact) mass is 998 g/mol. The highest BCUT2D eigenvalue weighted by Gasteiger charge is 2.38. The Balaban J connectivity index is 1.66. The first-order valence-electron chi connectivity index (χ1n) is 22.6. The number of nitriles is 1.